The van der Waals surface area contributed by atoms with Crippen molar-refractivity contribution in [2.24, 2.45) is 4.99 Å². The minimum absolute atomic E-state index is 0.186. The van der Waals surface area contributed by atoms with Gasteiger partial charge in [-0.1, -0.05) is 65.9 Å². The zero-order valence-electron chi connectivity index (χ0n) is 27.0. The average Bonchev–Trinajstić information content (AvgIpc) is 3.74. The topological polar surface area (TPSA) is 97.6 Å². The third-order valence-electron chi connectivity index (χ3n) is 8.12. The van der Waals surface area contributed by atoms with Crippen molar-refractivity contribution < 1.29 is 28.5 Å². The molecule has 11 heteroatoms. The van der Waals surface area contributed by atoms with Gasteiger partial charge in [-0.2, -0.15) is 0 Å². The van der Waals surface area contributed by atoms with Crippen LogP contribution in [-0.2, 0) is 16.1 Å². The number of benzene rings is 4. The number of carbonyl (C=O) groups excluding carboxylic acids is 1. The van der Waals surface area contributed by atoms with Gasteiger partial charge in [-0.05, 0) is 72.3 Å². The molecule has 0 saturated carbocycles. The van der Waals surface area contributed by atoms with Gasteiger partial charge < -0.3 is 23.7 Å². The molecule has 0 aliphatic carbocycles. The highest BCUT2D eigenvalue weighted by Crippen LogP contribution is 2.36. The summed E-state index contributed by atoms with van der Waals surface area (Å²) < 4.78 is 30.3. The molecule has 0 bridgehead atoms. The van der Waals surface area contributed by atoms with Crippen LogP contribution in [0.3, 0.4) is 0 Å². The lowest BCUT2D eigenvalue weighted by atomic mass is 9.93. The number of esters is 1. The van der Waals surface area contributed by atoms with Gasteiger partial charge in [-0.3, -0.25) is 9.36 Å². The van der Waals surface area contributed by atoms with E-state index in [9.17, 15) is 9.59 Å². The van der Waals surface area contributed by atoms with Gasteiger partial charge in [0.15, 0.2) is 27.8 Å². The maximum absolute atomic E-state index is 14.3. The highest BCUT2D eigenvalue weighted by atomic mass is 32.2. The molecular weight excluding hydrogens is 661 g/mol. The summed E-state index contributed by atoms with van der Waals surface area (Å²) in [5.41, 5.74) is 3.74. The van der Waals surface area contributed by atoms with Gasteiger partial charge in [0.2, 0.25) is 6.79 Å². The monoisotopic (exact) mass is 692 g/mol. The Bertz CT molecular complexity index is 2240. The fraction of sp³-hybridized carbons (Fsp3) is 0.184. The number of hydrogen-bond donors (Lipinski definition) is 0. The number of thiazole rings is 1. The molecule has 248 valence electrons. The standard InChI is InChI=1S/C38H32N2O7S2/c1-4-44-37(42)33-34(25-8-6-5-7-9-25)39-38-40(35(33)26-12-14-27(48-3)15-13-26)36(41)32(49-38)20-23-10-16-28(30(18-23)43-2)45-21-24-11-17-29-31(19-24)47-22-46-29/h5-20,35H,4,21-22H2,1-3H3/b32-20-/t35-/m0/s1. The van der Waals surface area contributed by atoms with Gasteiger partial charge in [-0.15, -0.1) is 11.8 Å². The summed E-state index contributed by atoms with van der Waals surface area (Å²) in [6.07, 6.45) is 3.81. The Balaban J connectivity index is 1.30. The van der Waals surface area contributed by atoms with Crippen molar-refractivity contribution in [1.29, 1.82) is 0 Å². The number of fused-ring (bicyclic) bond motifs is 2. The largest absolute Gasteiger partial charge is 0.493 e. The highest BCUT2D eigenvalue weighted by molar-refractivity contribution is 7.98. The van der Waals surface area contributed by atoms with Gasteiger partial charge in [0.05, 0.1) is 35.6 Å². The van der Waals surface area contributed by atoms with Crippen LogP contribution >= 0.6 is 23.1 Å². The maximum atomic E-state index is 14.3. The molecule has 3 heterocycles. The van der Waals surface area contributed by atoms with Crippen LogP contribution < -0.4 is 33.8 Å². The fourth-order valence-corrected chi connectivity index (χ4v) is 7.19. The molecule has 5 aromatic rings. The summed E-state index contributed by atoms with van der Waals surface area (Å²) in [4.78, 5) is 34.5. The van der Waals surface area contributed by atoms with E-state index in [1.807, 2.05) is 97.3 Å². The highest BCUT2D eigenvalue weighted by Gasteiger charge is 2.35. The predicted molar refractivity (Wildman–Crippen MR) is 189 cm³/mol. The maximum Gasteiger partial charge on any atom is 0.338 e. The quantitative estimate of drug-likeness (QED) is 0.131. The third-order valence-corrected chi connectivity index (χ3v) is 9.85. The van der Waals surface area contributed by atoms with Crippen LogP contribution in [0.4, 0.5) is 0 Å². The van der Waals surface area contributed by atoms with E-state index >= 15 is 0 Å². The van der Waals surface area contributed by atoms with Crippen LogP contribution in [0.15, 0.2) is 111 Å². The molecule has 49 heavy (non-hydrogen) atoms. The second-order valence-electron chi connectivity index (χ2n) is 11.1. The van der Waals surface area contributed by atoms with E-state index in [1.165, 1.54) is 11.3 Å². The molecule has 0 radical (unpaired) electrons. The summed E-state index contributed by atoms with van der Waals surface area (Å²) in [5.74, 6) is 1.96. The van der Waals surface area contributed by atoms with Crippen molar-refractivity contribution in [3.8, 4) is 23.0 Å². The van der Waals surface area contributed by atoms with Gasteiger partial charge >= 0.3 is 5.97 Å². The molecule has 0 saturated heterocycles. The zero-order valence-corrected chi connectivity index (χ0v) is 28.6. The summed E-state index contributed by atoms with van der Waals surface area (Å²) in [7, 11) is 1.57. The van der Waals surface area contributed by atoms with E-state index < -0.39 is 12.0 Å². The normalized spacial score (nSPS) is 15.1. The Kier molecular flexibility index (Phi) is 9.28. The Morgan fingerprint density at radius 3 is 2.55 bits per heavy atom. The molecule has 9 nitrogen and oxygen atoms in total. The van der Waals surface area contributed by atoms with Gasteiger partial charge in [0.1, 0.15) is 6.61 Å². The molecule has 7 rings (SSSR count). The summed E-state index contributed by atoms with van der Waals surface area (Å²) in [6, 6.07) is 27.8. The van der Waals surface area contributed by atoms with Crippen LogP contribution in [0.2, 0.25) is 0 Å². The van der Waals surface area contributed by atoms with E-state index in [0.29, 0.717) is 50.2 Å². The number of rotatable bonds is 10. The van der Waals surface area contributed by atoms with Crippen LogP contribution in [0.5, 0.6) is 23.0 Å². The first-order chi connectivity index (χ1) is 24.0. The van der Waals surface area contributed by atoms with Crippen LogP contribution in [-0.4, -0.2) is 37.3 Å². The second-order valence-corrected chi connectivity index (χ2v) is 13.0. The number of ether oxygens (including phenoxy) is 5. The van der Waals surface area contributed by atoms with E-state index in [1.54, 1.807) is 36.4 Å². The van der Waals surface area contributed by atoms with E-state index in [4.69, 9.17) is 28.7 Å². The summed E-state index contributed by atoms with van der Waals surface area (Å²) >= 11 is 2.89. The minimum Gasteiger partial charge on any atom is -0.493 e. The van der Waals surface area contributed by atoms with E-state index in [2.05, 4.69) is 0 Å². The molecule has 4 aromatic carbocycles. The molecule has 2 aliphatic heterocycles. The lowest BCUT2D eigenvalue weighted by Gasteiger charge is -2.26. The molecule has 0 spiro atoms. The van der Waals surface area contributed by atoms with Crippen molar-refractivity contribution in [3.63, 3.8) is 0 Å². The first-order valence-corrected chi connectivity index (χ1v) is 17.6. The lowest BCUT2D eigenvalue weighted by molar-refractivity contribution is -0.138. The number of nitrogens with zero attached hydrogens (tertiary/aromatic N) is 2. The van der Waals surface area contributed by atoms with Gasteiger partial charge in [-0.25, -0.2) is 9.79 Å². The molecule has 0 N–H and O–H groups in total. The average molecular weight is 693 g/mol. The van der Waals surface area contributed by atoms with Crippen molar-refractivity contribution in [3.05, 3.63) is 139 Å². The van der Waals surface area contributed by atoms with Crippen molar-refractivity contribution in [2.75, 3.05) is 26.8 Å². The summed E-state index contributed by atoms with van der Waals surface area (Å²) in [5, 5.41) is 0. The van der Waals surface area contributed by atoms with Gasteiger partial charge in [0.25, 0.3) is 5.56 Å². The first kappa shape index (κ1) is 32.3. The Morgan fingerprint density at radius 2 is 1.80 bits per heavy atom. The van der Waals surface area contributed by atoms with Crippen molar-refractivity contribution in [2.45, 2.75) is 24.5 Å². The fourth-order valence-electron chi connectivity index (χ4n) is 5.78. The van der Waals surface area contributed by atoms with Crippen LogP contribution in [0, 0.1) is 0 Å². The molecule has 1 atom stereocenters. The Hall–Kier alpha value is -5.26. The predicted octanol–water partition coefficient (Wildman–Crippen LogP) is 5.97. The van der Waals surface area contributed by atoms with E-state index in [0.717, 1.165) is 27.1 Å². The van der Waals surface area contributed by atoms with Crippen LogP contribution in [0.25, 0.3) is 11.8 Å². The number of aromatic nitrogens is 1. The second kappa shape index (κ2) is 14.1. The number of carbonyl (C=O) groups is 1. The Morgan fingerprint density at radius 1 is 1.00 bits per heavy atom. The summed E-state index contributed by atoms with van der Waals surface area (Å²) in [6.45, 7) is 2.46. The smallest absolute Gasteiger partial charge is 0.338 e. The molecule has 0 fully saturated rings. The lowest BCUT2D eigenvalue weighted by Crippen LogP contribution is -2.40. The minimum atomic E-state index is -0.745. The Labute approximate surface area is 290 Å². The molecule has 0 unspecified atom stereocenters. The molecule has 0 amide bonds. The zero-order chi connectivity index (χ0) is 33.9. The first-order valence-electron chi connectivity index (χ1n) is 15.6. The molecule has 1 aromatic heterocycles. The van der Waals surface area contributed by atoms with Gasteiger partial charge in [0, 0.05) is 10.5 Å². The van der Waals surface area contributed by atoms with Crippen LogP contribution in [0.1, 0.15) is 35.2 Å². The number of hydrogen-bond acceptors (Lipinski definition) is 10. The number of methoxy groups -OCH3 is 1. The van der Waals surface area contributed by atoms with Crippen molar-refractivity contribution >= 4 is 40.8 Å². The molecule has 2 aliphatic rings. The SMILES string of the molecule is CCOC(=O)C1=C(c2ccccc2)N=c2s/c(=C\c3ccc(OCc4ccc5c(c4)OCO5)c(OC)c3)c(=O)n2[C@H]1c1ccc(SC)cc1. The number of thioether (sulfide) groups is 1. The third kappa shape index (κ3) is 6.47. The van der Waals surface area contributed by atoms with E-state index in [-0.39, 0.29) is 19.0 Å². The van der Waals surface area contributed by atoms with Crippen molar-refractivity contribution in [1.82, 2.24) is 4.57 Å². The molecular formula is C38H32N2O7S2.